The number of carbonyl (C=O) groups is 1. The van der Waals surface area contributed by atoms with Gasteiger partial charge >= 0.3 is 0 Å². The number of aromatic nitrogens is 1. The zero-order chi connectivity index (χ0) is 17.4. The molecule has 24 heavy (non-hydrogen) atoms. The molecule has 0 spiro atoms. The Hall–Kier alpha value is -3.08. The van der Waals surface area contributed by atoms with Gasteiger partial charge in [0.15, 0.2) is 18.9 Å². The molecule has 0 aliphatic heterocycles. The number of hydrogen-bond donors (Lipinski definition) is 1. The number of carbonyl (C=O) groups excluding carboxylic acids is 1. The van der Waals surface area contributed by atoms with Crippen molar-refractivity contribution in [1.82, 2.24) is 0 Å². The first kappa shape index (κ1) is 17.3. The first-order valence-corrected chi connectivity index (χ1v) is 7.46. The average Bonchev–Trinajstić information content (AvgIpc) is 2.60. The van der Waals surface area contributed by atoms with E-state index in [0.717, 1.165) is 29.5 Å². The Bertz CT molecular complexity index is 800. The molecule has 0 unspecified atom stereocenters. The maximum atomic E-state index is 9.56. The smallest absolute Gasteiger partial charge is 0.176 e. The Balaban J connectivity index is 0.000000647. The van der Waals surface area contributed by atoms with Crippen LogP contribution in [0.15, 0.2) is 60.9 Å². The second-order valence-corrected chi connectivity index (χ2v) is 5.19. The molecule has 1 N–H and O–H groups in total. The Morgan fingerprint density at radius 3 is 2.50 bits per heavy atom. The van der Waals surface area contributed by atoms with E-state index >= 15 is 0 Å². The second-order valence-electron chi connectivity index (χ2n) is 5.19. The van der Waals surface area contributed by atoms with E-state index in [1.54, 1.807) is 19.2 Å². The molecule has 0 bridgehead atoms. The van der Waals surface area contributed by atoms with Crippen LogP contribution in [-0.2, 0) is 17.8 Å². The largest absolute Gasteiger partial charge is 0.554 e. The van der Waals surface area contributed by atoms with Crippen molar-refractivity contribution in [3.05, 3.63) is 66.5 Å². The molecule has 5 nitrogen and oxygen atoms in total. The van der Waals surface area contributed by atoms with E-state index < -0.39 is 6.47 Å². The van der Waals surface area contributed by atoms with Crippen molar-refractivity contribution in [3.8, 4) is 11.5 Å². The van der Waals surface area contributed by atoms with Gasteiger partial charge in [0.25, 0.3) is 0 Å². The summed E-state index contributed by atoms with van der Waals surface area (Å²) in [7, 11) is 1.68. The fourth-order valence-electron chi connectivity index (χ4n) is 2.41. The molecule has 2 aromatic carbocycles. The second kappa shape index (κ2) is 8.53. The molecule has 1 heterocycles. The number of aromatic hydroxyl groups is 1. The van der Waals surface area contributed by atoms with Crippen molar-refractivity contribution in [1.29, 1.82) is 0 Å². The Kier molecular flexibility index (Phi) is 6.14. The van der Waals surface area contributed by atoms with Crippen LogP contribution in [0, 0.1) is 0 Å². The third-order valence-electron chi connectivity index (χ3n) is 3.64. The number of methoxy groups -OCH3 is 1. The number of ether oxygens (including phenoxy) is 1. The molecule has 0 atom stereocenters. The molecular formula is C19H19NO4. The number of rotatable bonds is 4. The van der Waals surface area contributed by atoms with Crippen molar-refractivity contribution in [2.24, 2.45) is 0 Å². The van der Waals surface area contributed by atoms with E-state index in [2.05, 4.69) is 35.2 Å². The van der Waals surface area contributed by atoms with Gasteiger partial charge < -0.3 is 19.7 Å². The van der Waals surface area contributed by atoms with Crippen LogP contribution in [0.5, 0.6) is 11.5 Å². The predicted octanol–water partition coefficient (Wildman–Crippen LogP) is 1.45. The number of phenols is 1. The van der Waals surface area contributed by atoms with Crippen molar-refractivity contribution >= 4 is 17.2 Å². The molecule has 0 amide bonds. The summed E-state index contributed by atoms with van der Waals surface area (Å²) >= 11 is 0. The van der Waals surface area contributed by atoms with Crippen LogP contribution < -0.4 is 14.4 Å². The van der Waals surface area contributed by atoms with Gasteiger partial charge in [0.2, 0.25) is 0 Å². The zero-order valence-electron chi connectivity index (χ0n) is 13.4. The SMILES string of the molecule is COc1ccc(CC[n+]2ccc3ccc(O)cc3c2)cc1.O=C[O-]. The highest BCUT2D eigenvalue weighted by Crippen LogP contribution is 2.17. The molecule has 0 aliphatic carbocycles. The van der Waals surface area contributed by atoms with Crippen LogP contribution in [0.2, 0.25) is 0 Å². The maximum absolute atomic E-state index is 9.56. The Morgan fingerprint density at radius 2 is 1.83 bits per heavy atom. The fraction of sp³-hybridized carbons (Fsp3) is 0.158. The van der Waals surface area contributed by atoms with E-state index in [0.29, 0.717) is 5.75 Å². The van der Waals surface area contributed by atoms with E-state index in [1.165, 1.54) is 5.56 Å². The summed E-state index contributed by atoms with van der Waals surface area (Å²) < 4.78 is 7.31. The Labute approximate surface area is 140 Å². The number of phenolic OH excluding ortho intramolecular Hbond substituents is 1. The van der Waals surface area contributed by atoms with Gasteiger partial charge in [0, 0.05) is 24.3 Å². The number of benzene rings is 2. The van der Waals surface area contributed by atoms with Crippen LogP contribution in [0.3, 0.4) is 0 Å². The molecule has 0 fully saturated rings. The van der Waals surface area contributed by atoms with Gasteiger partial charge in [-0.2, -0.15) is 0 Å². The molecule has 3 aromatic rings. The lowest BCUT2D eigenvalue weighted by Crippen LogP contribution is -2.33. The number of aryl methyl sites for hydroxylation is 2. The summed E-state index contributed by atoms with van der Waals surface area (Å²) in [5.74, 6) is 1.18. The van der Waals surface area contributed by atoms with Crippen molar-refractivity contribution in [2.45, 2.75) is 13.0 Å². The van der Waals surface area contributed by atoms with E-state index in [-0.39, 0.29) is 0 Å². The van der Waals surface area contributed by atoms with Crippen molar-refractivity contribution < 1.29 is 24.3 Å². The summed E-state index contributed by atoms with van der Waals surface area (Å²) in [5.41, 5.74) is 1.28. The average molecular weight is 325 g/mol. The maximum Gasteiger partial charge on any atom is 0.176 e. The summed E-state index contributed by atoms with van der Waals surface area (Å²) in [5, 5.41) is 20.0. The zero-order valence-corrected chi connectivity index (χ0v) is 13.4. The van der Waals surface area contributed by atoms with Gasteiger partial charge in [0.1, 0.15) is 11.5 Å². The van der Waals surface area contributed by atoms with Gasteiger partial charge in [0.05, 0.1) is 7.11 Å². The highest BCUT2D eigenvalue weighted by atomic mass is 16.5. The molecule has 3 rings (SSSR count). The first-order chi connectivity index (χ1) is 11.7. The third-order valence-corrected chi connectivity index (χ3v) is 3.64. The fourth-order valence-corrected chi connectivity index (χ4v) is 2.41. The van der Waals surface area contributed by atoms with E-state index in [9.17, 15) is 5.11 Å². The normalized spacial score (nSPS) is 9.88. The van der Waals surface area contributed by atoms with Crippen molar-refractivity contribution in [3.63, 3.8) is 0 Å². The topological polar surface area (TPSA) is 73.5 Å². The summed E-state index contributed by atoms with van der Waals surface area (Å²) in [6, 6.07) is 15.7. The van der Waals surface area contributed by atoms with E-state index in [4.69, 9.17) is 14.6 Å². The number of hydrogen-bond acceptors (Lipinski definition) is 4. The lowest BCUT2D eigenvalue weighted by molar-refractivity contribution is -0.695. The van der Waals surface area contributed by atoms with Crippen LogP contribution in [0.1, 0.15) is 5.56 Å². The van der Waals surface area contributed by atoms with Gasteiger partial charge in [-0.25, -0.2) is 4.57 Å². The Morgan fingerprint density at radius 1 is 1.12 bits per heavy atom. The summed E-state index contributed by atoms with van der Waals surface area (Å²) in [4.78, 5) is 8.25. The molecule has 1 aromatic heterocycles. The standard InChI is InChI=1S/C18H17NO2.CH2O2/c1-21-18-6-2-14(3-7-18)8-10-19-11-9-15-4-5-17(20)12-16(15)13-19;2-1-3/h2-7,9,11-13H,8,10H2,1H3;1H,(H,2,3). The van der Waals surface area contributed by atoms with Crippen LogP contribution in [0.4, 0.5) is 0 Å². The van der Waals surface area contributed by atoms with Gasteiger partial charge in [-0.15, -0.1) is 0 Å². The number of fused-ring (bicyclic) bond motifs is 1. The predicted molar refractivity (Wildman–Crippen MR) is 88.6 cm³/mol. The number of pyridine rings is 1. The minimum Gasteiger partial charge on any atom is -0.554 e. The monoisotopic (exact) mass is 325 g/mol. The summed E-state index contributed by atoms with van der Waals surface area (Å²) in [6.07, 6.45) is 5.10. The van der Waals surface area contributed by atoms with Crippen LogP contribution in [-0.4, -0.2) is 18.7 Å². The molecular weight excluding hydrogens is 306 g/mol. The third kappa shape index (κ3) is 4.71. The quantitative estimate of drug-likeness (QED) is 0.582. The minimum atomic E-state index is -0.500. The lowest BCUT2D eigenvalue weighted by Gasteiger charge is -2.03. The van der Waals surface area contributed by atoms with Gasteiger partial charge in [-0.05, 0) is 35.2 Å². The highest BCUT2D eigenvalue weighted by Gasteiger charge is 2.05. The lowest BCUT2D eigenvalue weighted by atomic mass is 10.1. The van der Waals surface area contributed by atoms with Gasteiger partial charge in [-0.3, -0.25) is 0 Å². The first-order valence-electron chi connectivity index (χ1n) is 7.46. The van der Waals surface area contributed by atoms with Crippen molar-refractivity contribution in [2.75, 3.05) is 7.11 Å². The number of carboxylic acid groups (broad SMARTS) is 1. The summed E-state index contributed by atoms with van der Waals surface area (Å²) in [6.45, 7) is 0.401. The number of nitrogens with zero attached hydrogens (tertiary/aromatic N) is 1. The highest BCUT2D eigenvalue weighted by molar-refractivity contribution is 5.81. The molecule has 0 radical (unpaired) electrons. The molecule has 0 aliphatic rings. The van der Waals surface area contributed by atoms with Crippen LogP contribution in [0.25, 0.3) is 10.8 Å². The molecule has 0 saturated carbocycles. The molecule has 5 heteroatoms. The van der Waals surface area contributed by atoms with E-state index in [1.807, 2.05) is 18.2 Å². The minimum absolute atomic E-state index is 0.301. The molecule has 0 saturated heterocycles. The molecule has 124 valence electrons. The van der Waals surface area contributed by atoms with Gasteiger partial charge in [-0.1, -0.05) is 18.2 Å². The van der Waals surface area contributed by atoms with Crippen LogP contribution >= 0.6 is 0 Å².